The number of phenols is 1. The van der Waals surface area contributed by atoms with E-state index in [0.717, 1.165) is 48.1 Å². The van der Waals surface area contributed by atoms with Gasteiger partial charge in [-0.05, 0) is 104 Å². The molecule has 3 aromatic rings. The van der Waals surface area contributed by atoms with E-state index in [1.54, 1.807) is 18.3 Å². The van der Waals surface area contributed by atoms with Gasteiger partial charge in [-0.15, -0.1) is 0 Å². The van der Waals surface area contributed by atoms with E-state index in [0.29, 0.717) is 12.3 Å². The molecule has 0 aromatic heterocycles. The van der Waals surface area contributed by atoms with E-state index >= 15 is 0 Å². The summed E-state index contributed by atoms with van der Waals surface area (Å²) in [6.07, 6.45) is 7.75. The number of anilines is 1. The molecule has 4 rings (SSSR count). The van der Waals surface area contributed by atoms with Crippen LogP contribution in [0, 0.1) is 12.8 Å². The molecule has 39 heavy (non-hydrogen) atoms. The number of benzene rings is 3. The van der Waals surface area contributed by atoms with E-state index in [1.165, 1.54) is 27.8 Å². The molecule has 0 saturated carbocycles. The van der Waals surface area contributed by atoms with Crippen LogP contribution in [0.2, 0.25) is 0 Å². The summed E-state index contributed by atoms with van der Waals surface area (Å²) in [5, 5.41) is 10.1. The molecule has 3 aromatic carbocycles. The number of aromatic hydroxyl groups is 1. The molecule has 204 valence electrons. The minimum atomic E-state index is -0.263. The van der Waals surface area contributed by atoms with Crippen molar-refractivity contribution in [2.75, 3.05) is 4.90 Å². The van der Waals surface area contributed by atoms with Crippen molar-refractivity contribution < 1.29 is 9.90 Å². The molecule has 0 bridgehead atoms. The number of rotatable bonds is 9. The first kappa shape index (κ1) is 28.4. The first-order chi connectivity index (χ1) is 18.7. The third-order valence-corrected chi connectivity index (χ3v) is 7.57. The molecule has 1 unspecified atom stereocenters. The molecule has 0 fully saturated rings. The van der Waals surface area contributed by atoms with Gasteiger partial charge in [-0.2, -0.15) is 0 Å². The van der Waals surface area contributed by atoms with Gasteiger partial charge in [0, 0.05) is 18.1 Å². The second-order valence-corrected chi connectivity index (χ2v) is 11.2. The average molecular weight is 523 g/mol. The smallest absolute Gasteiger partial charge is 0.232 e. The first-order valence-corrected chi connectivity index (χ1v) is 14.2. The second-order valence-electron chi connectivity index (χ2n) is 11.2. The number of hydrogen-bond donors (Lipinski definition) is 1. The Kier molecular flexibility index (Phi) is 9.06. The van der Waals surface area contributed by atoms with Crippen molar-refractivity contribution in [1.82, 2.24) is 0 Å². The second kappa shape index (κ2) is 12.5. The minimum absolute atomic E-state index is 0.104. The van der Waals surface area contributed by atoms with Gasteiger partial charge >= 0.3 is 0 Å². The van der Waals surface area contributed by atoms with Crippen LogP contribution in [0.5, 0.6) is 5.75 Å². The molecule has 1 N–H and O–H groups in total. The number of carbonyl (C=O) groups is 1. The maximum atomic E-state index is 14.0. The molecule has 1 aliphatic heterocycles. The molecule has 4 nitrogen and oxygen atoms in total. The van der Waals surface area contributed by atoms with Crippen molar-refractivity contribution in [2.24, 2.45) is 10.9 Å². The Hall–Kier alpha value is -3.66. The summed E-state index contributed by atoms with van der Waals surface area (Å²) < 4.78 is 0. The fourth-order valence-corrected chi connectivity index (χ4v) is 5.66. The number of nitrogens with zero attached hydrogens (tertiary/aromatic N) is 2. The first-order valence-electron chi connectivity index (χ1n) is 14.2. The molecule has 0 aliphatic carbocycles. The van der Waals surface area contributed by atoms with Crippen LogP contribution < -0.4 is 4.90 Å². The summed E-state index contributed by atoms with van der Waals surface area (Å²) in [6.45, 7) is 12.8. The SMILES string of the molecule is CC=N/C=C(\C)CCc1cc(C)ccc1N1C(=O)Cc2cc(CC)c(CC(C)C)cc2C1c1ccc(O)cc1. The van der Waals surface area contributed by atoms with Crippen LogP contribution in [-0.4, -0.2) is 17.2 Å². The Morgan fingerprint density at radius 3 is 2.49 bits per heavy atom. The summed E-state index contributed by atoms with van der Waals surface area (Å²) in [4.78, 5) is 20.3. The van der Waals surface area contributed by atoms with Gasteiger partial charge in [0.25, 0.3) is 0 Å². The quantitative estimate of drug-likeness (QED) is 0.289. The molecule has 1 aliphatic rings. The highest BCUT2D eigenvalue weighted by Crippen LogP contribution is 2.42. The van der Waals surface area contributed by atoms with E-state index in [4.69, 9.17) is 0 Å². The molecule has 1 atom stereocenters. The zero-order valence-corrected chi connectivity index (χ0v) is 24.3. The summed E-state index contributed by atoms with van der Waals surface area (Å²) >= 11 is 0. The number of fused-ring (bicyclic) bond motifs is 1. The lowest BCUT2D eigenvalue weighted by Gasteiger charge is -2.39. The van der Waals surface area contributed by atoms with Gasteiger partial charge < -0.3 is 10.0 Å². The normalized spacial score (nSPS) is 15.9. The average Bonchev–Trinajstić information content (AvgIpc) is 2.90. The van der Waals surface area contributed by atoms with Gasteiger partial charge in [0.15, 0.2) is 0 Å². The largest absolute Gasteiger partial charge is 0.508 e. The van der Waals surface area contributed by atoms with Crippen molar-refractivity contribution in [3.05, 3.63) is 105 Å². The van der Waals surface area contributed by atoms with Crippen molar-refractivity contribution in [1.29, 1.82) is 0 Å². The summed E-state index contributed by atoms with van der Waals surface area (Å²) in [5.41, 5.74) is 10.5. The highest BCUT2D eigenvalue weighted by molar-refractivity contribution is 5.99. The summed E-state index contributed by atoms with van der Waals surface area (Å²) in [7, 11) is 0. The predicted molar refractivity (Wildman–Crippen MR) is 163 cm³/mol. The Balaban J connectivity index is 1.88. The molecule has 0 saturated heterocycles. The van der Waals surface area contributed by atoms with Gasteiger partial charge in [0.2, 0.25) is 5.91 Å². The zero-order valence-electron chi connectivity index (χ0n) is 24.3. The molecule has 0 spiro atoms. The highest BCUT2D eigenvalue weighted by atomic mass is 16.3. The highest BCUT2D eigenvalue weighted by Gasteiger charge is 2.36. The lowest BCUT2D eigenvalue weighted by molar-refractivity contribution is -0.118. The number of hydrogen-bond acceptors (Lipinski definition) is 3. The van der Waals surface area contributed by atoms with E-state index < -0.39 is 0 Å². The molecule has 4 heteroatoms. The Labute approximate surface area is 234 Å². The molecular weight excluding hydrogens is 480 g/mol. The van der Waals surface area contributed by atoms with Gasteiger partial charge in [-0.1, -0.05) is 68.3 Å². The third kappa shape index (κ3) is 6.50. The van der Waals surface area contributed by atoms with Crippen LogP contribution in [-0.2, 0) is 30.5 Å². The number of phenolic OH excluding ortho intramolecular Hbond substituents is 1. The zero-order chi connectivity index (χ0) is 28.1. The fraction of sp³-hybridized carbons (Fsp3) is 0.371. The Bertz CT molecular complexity index is 1380. The lowest BCUT2D eigenvalue weighted by atomic mass is 9.82. The number of aryl methyl sites for hydroxylation is 3. The van der Waals surface area contributed by atoms with Crippen molar-refractivity contribution in [2.45, 2.75) is 79.7 Å². The Morgan fingerprint density at radius 2 is 1.82 bits per heavy atom. The van der Waals surface area contributed by atoms with Crippen LogP contribution in [0.1, 0.15) is 86.0 Å². The lowest BCUT2D eigenvalue weighted by Crippen LogP contribution is -2.41. The van der Waals surface area contributed by atoms with Crippen molar-refractivity contribution in [3.8, 4) is 5.75 Å². The molecule has 1 amide bonds. The predicted octanol–water partition coefficient (Wildman–Crippen LogP) is 8.07. The number of allylic oxidation sites excluding steroid dienone is 1. The van der Waals surface area contributed by atoms with Crippen LogP contribution in [0.25, 0.3) is 0 Å². The van der Waals surface area contributed by atoms with Crippen LogP contribution in [0.15, 0.2) is 71.4 Å². The van der Waals surface area contributed by atoms with Gasteiger partial charge in [0.1, 0.15) is 5.75 Å². The van der Waals surface area contributed by atoms with E-state index in [9.17, 15) is 9.90 Å². The van der Waals surface area contributed by atoms with Crippen molar-refractivity contribution >= 4 is 17.8 Å². The van der Waals surface area contributed by atoms with Gasteiger partial charge in [-0.25, -0.2) is 0 Å². The van der Waals surface area contributed by atoms with Crippen LogP contribution in [0.3, 0.4) is 0 Å². The van der Waals surface area contributed by atoms with Gasteiger partial charge in [-0.3, -0.25) is 9.79 Å². The molecule has 1 heterocycles. The van der Waals surface area contributed by atoms with E-state index in [1.807, 2.05) is 30.2 Å². The minimum Gasteiger partial charge on any atom is -0.508 e. The number of amides is 1. The maximum absolute atomic E-state index is 14.0. The third-order valence-electron chi connectivity index (χ3n) is 7.57. The van der Waals surface area contributed by atoms with Gasteiger partial charge in [0.05, 0.1) is 12.5 Å². The monoisotopic (exact) mass is 522 g/mol. The van der Waals surface area contributed by atoms with Crippen molar-refractivity contribution in [3.63, 3.8) is 0 Å². The molecular formula is C35H42N2O2. The standard InChI is InChI=1S/C35H42N2O2/c1-7-26-19-30-21-34(39)37(33-16-10-24(5)18-28(33)11-9-25(6)22-36-8-2)35(27-12-14-31(38)15-13-27)32(30)20-29(26)17-23(3)4/h8,10,12-16,18-20,22-23,35,38H,7,9,11,17,21H2,1-6H3/b25-22+,36-8?. The van der Waals surface area contributed by atoms with Crippen LogP contribution in [0.4, 0.5) is 5.69 Å². The summed E-state index contributed by atoms with van der Waals surface area (Å²) in [5.74, 6) is 0.869. The topological polar surface area (TPSA) is 52.9 Å². The van der Waals surface area contributed by atoms with Crippen LogP contribution >= 0.6 is 0 Å². The Morgan fingerprint density at radius 1 is 1.08 bits per heavy atom. The fourth-order valence-electron chi connectivity index (χ4n) is 5.66. The maximum Gasteiger partial charge on any atom is 0.232 e. The van der Waals surface area contributed by atoms with E-state index in [-0.39, 0.29) is 17.7 Å². The summed E-state index contributed by atoms with van der Waals surface area (Å²) in [6, 6.07) is 18.1. The number of carbonyl (C=O) groups excluding carboxylic acids is 1. The number of aliphatic imine (C=N–C) groups is 1. The molecule has 0 radical (unpaired) electrons. The van der Waals surface area contributed by atoms with E-state index in [2.05, 4.69) is 69.9 Å².